The zero-order valence-corrected chi connectivity index (χ0v) is 7.94. The van der Waals surface area contributed by atoms with Crippen LogP contribution in [0.5, 0.6) is 0 Å². The van der Waals surface area contributed by atoms with E-state index < -0.39 is 0 Å². The van der Waals surface area contributed by atoms with E-state index in [1.807, 2.05) is 20.8 Å². The minimum Gasteiger partial charge on any atom is -0.450 e. The number of unbranched alkanes of at least 4 members (excludes halogenated alkanes) is 1. The molecule has 0 aliphatic carbocycles. The summed E-state index contributed by atoms with van der Waals surface area (Å²) in [6, 6.07) is 0. The number of amides is 1. The summed E-state index contributed by atoms with van der Waals surface area (Å²) in [5.41, 5.74) is 0. The lowest BCUT2D eigenvalue weighted by Crippen LogP contribution is -2.19. The van der Waals surface area contributed by atoms with Crippen LogP contribution in [0.1, 0.15) is 35.0 Å². The topological polar surface area (TPSA) is 38.3 Å². The second kappa shape index (κ2) is 12.0. The highest BCUT2D eigenvalue weighted by atomic mass is 16.5. The Kier molecular flexibility index (Phi) is 14.1. The van der Waals surface area contributed by atoms with Gasteiger partial charge in [0.25, 0.3) is 0 Å². The largest absolute Gasteiger partial charge is 0.450 e. The molecule has 1 N–H and O–H groups in total. The molecule has 0 saturated heterocycles. The van der Waals surface area contributed by atoms with Crippen LogP contribution in [-0.2, 0) is 4.74 Å². The second-order valence-electron chi connectivity index (χ2n) is 1.74. The van der Waals surface area contributed by atoms with Crippen LogP contribution in [0.3, 0.4) is 0 Å². The molecular formula is C8H21NO2. The van der Waals surface area contributed by atoms with Gasteiger partial charge in [0.2, 0.25) is 0 Å². The van der Waals surface area contributed by atoms with Crippen molar-refractivity contribution in [1.29, 1.82) is 0 Å². The number of nitrogens with one attached hydrogen (secondary N) is 1. The average molecular weight is 163 g/mol. The van der Waals surface area contributed by atoms with Crippen molar-refractivity contribution >= 4 is 6.09 Å². The average Bonchev–Trinajstić information content (AvgIpc) is 2.08. The maximum atomic E-state index is 10.4. The summed E-state index contributed by atoms with van der Waals surface area (Å²) < 4.78 is 4.68. The molecule has 0 unspecified atom stereocenters. The van der Waals surface area contributed by atoms with Gasteiger partial charge in [0, 0.05) is 8.47 Å². The van der Waals surface area contributed by atoms with Crippen molar-refractivity contribution < 1.29 is 11.0 Å². The predicted octanol–water partition coefficient (Wildman–Crippen LogP) is 2.41. The molecule has 0 aromatic carbocycles. The van der Waals surface area contributed by atoms with Gasteiger partial charge >= 0.3 is 6.09 Å². The minimum absolute atomic E-state index is 0. The SMILES string of the molecule is CC.CCCCOC(=O)NC.[HH]. The Labute approximate surface area is 70.6 Å². The van der Waals surface area contributed by atoms with E-state index in [1.165, 1.54) is 0 Å². The molecule has 0 rings (SSSR count). The van der Waals surface area contributed by atoms with Crippen LogP contribution < -0.4 is 5.32 Å². The Morgan fingerprint density at radius 2 is 2.09 bits per heavy atom. The van der Waals surface area contributed by atoms with Crippen molar-refractivity contribution in [3.63, 3.8) is 0 Å². The number of rotatable bonds is 3. The third-order valence-corrected chi connectivity index (χ3v) is 0.935. The summed E-state index contributed by atoms with van der Waals surface area (Å²) in [5.74, 6) is 0. The summed E-state index contributed by atoms with van der Waals surface area (Å²) in [4.78, 5) is 10.4. The van der Waals surface area contributed by atoms with Gasteiger partial charge in [-0.1, -0.05) is 27.2 Å². The summed E-state index contributed by atoms with van der Waals surface area (Å²) >= 11 is 0. The number of hydrogen-bond acceptors (Lipinski definition) is 2. The molecule has 3 heteroatoms. The summed E-state index contributed by atoms with van der Waals surface area (Å²) in [6.45, 7) is 6.57. The van der Waals surface area contributed by atoms with Gasteiger partial charge in [-0.15, -0.1) is 0 Å². The quantitative estimate of drug-likeness (QED) is 0.649. The van der Waals surface area contributed by atoms with E-state index in [0.29, 0.717) is 6.61 Å². The van der Waals surface area contributed by atoms with Gasteiger partial charge in [-0.05, 0) is 6.42 Å². The second-order valence-corrected chi connectivity index (χ2v) is 1.74. The van der Waals surface area contributed by atoms with E-state index in [0.717, 1.165) is 12.8 Å². The van der Waals surface area contributed by atoms with Crippen molar-refractivity contribution in [2.24, 2.45) is 0 Å². The molecule has 0 fully saturated rings. The lowest BCUT2D eigenvalue weighted by atomic mass is 10.4. The zero-order chi connectivity index (χ0) is 9.11. The van der Waals surface area contributed by atoms with E-state index in [4.69, 9.17) is 0 Å². The molecule has 0 radical (unpaired) electrons. The van der Waals surface area contributed by atoms with Crippen molar-refractivity contribution in [2.45, 2.75) is 33.6 Å². The molecule has 0 heterocycles. The van der Waals surface area contributed by atoms with Crippen LogP contribution in [-0.4, -0.2) is 19.7 Å². The van der Waals surface area contributed by atoms with Gasteiger partial charge in [-0.2, -0.15) is 0 Å². The molecule has 0 spiro atoms. The van der Waals surface area contributed by atoms with Gasteiger partial charge < -0.3 is 10.1 Å². The molecule has 0 atom stereocenters. The third kappa shape index (κ3) is 12.5. The van der Waals surface area contributed by atoms with E-state index in [-0.39, 0.29) is 7.52 Å². The fourth-order valence-corrected chi connectivity index (χ4v) is 0.381. The Balaban J connectivity index is -0.000000249. The first-order valence-electron chi connectivity index (χ1n) is 4.15. The highest BCUT2D eigenvalue weighted by Crippen LogP contribution is 1.86. The standard InChI is InChI=1S/C6H13NO2.C2H6.H2/c1-3-4-5-9-6(8)7-2;1-2;/h3-5H2,1-2H3,(H,7,8);1-2H3;1H. The first-order chi connectivity index (χ1) is 5.31. The molecule has 0 aromatic heterocycles. The first kappa shape index (κ1) is 12.9. The van der Waals surface area contributed by atoms with Crippen LogP contribution in [0.25, 0.3) is 0 Å². The van der Waals surface area contributed by atoms with Gasteiger partial charge in [-0.25, -0.2) is 4.79 Å². The normalized spacial score (nSPS) is 7.64. The lowest BCUT2D eigenvalue weighted by Gasteiger charge is -2.00. The fourth-order valence-electron chi connectivity index (χ4n) is 0.381. The van der Waals surface area contributed by atoms with E-state index in [1.54, 1.807) is 7.05 Å². The first-order valence-corrected chi connectivity index (χ1v) is 4.15. The Morgan fingerprint density at radius 1 is 1.55 bits per heavy atom. The molecule has 0 bridgehead atoms. The maximum Gasteiger partial charge on any atom is 0.406 e. The van der Waals surface area contributed by atoms with Gasteiger partial charge in [-0.3, -0.25) is 0 Å². The van der Waals surface area contributed by atoms with Crippen LogP contribution in [0.4, 0.5) is 4.79 Å². The third-order valence-electron chi connectivity index (χ3n) is 0.935. The highest BCUT2D eigenvalue weighted by molar-refractivity contribution is 5.66. The molecule has 0 aliphatic heterocycles. The van der Waals surface area contributed by atoms with Crippen LogP contribution in [0.2, 0.25) is 0 Å². The molecule has 11 heavy (non-hydrogen) atoms. The number of ether oxygens (including phenoxy) is 1. The van der Waals surface area contributed by atoms with Crippen LogP contribution in [0.15, 0.2) is 0 Å². The number of alkyl carbamates (subject to hydrolysis) is 1. The Bertz CT molecular complexity index is 89.1. The van der Waals surface area contributed by atoms with Crippen molar-refractivity contribution in [3.05, 3.63) is 0 Å². The van der Waals surface area contributed by atoms with Crippen molar-refractivity contribution in [2.75, 3.05) is 13.7 Å². The van der Waals surface area contributed by atoms with Gasteiger partial charge in [0.1, 0.15) is 0 Å². The Morgan fingerprint density at radius 3 is 2.45 bits per heavy atom. The van der Waals surface area contributed by atoms with Crippen molar-refractivity contribution in [3.8, 4) is 0 Å². The van der Waals surface area contributed by atoms with E-state index in [2.05, 4.69) is 10.1 Å². The van der Waals surface area contributed by atoms with Gasteiger partial charge in [0.15, 0.2) is 0 Å². The molecule has 0 aromatic rings. The maximum absolute atomic E-state index is 10.4. The molecule has 3 nitrogen and oxygen atoms in total. The number of carbonyl (C=O) groups excluding carboxylic acids is 1. The van der Waals surface area contributed by atoms with E-state index >= 15 is 0 Å². The lowest BCUT2D eigenvalue weighted by molar-refractivity contribution is 0.147. The fraction of sp³-hybridized carbons (Fsp3) is 0.875. The minimum atomic E-state index is -0.344. The molecule has 70 valence electrons. The summed E-state index contributed by atoms with van der Waals surface area (Å²) in [7, 11) is 1.55. The monoisotopic (exact) mass is 163 g/mol. The molecule has 0 aliphatic rings. The zero-order valence-electron chi connectivity index (χ0n) is 7.94. The molecule has 1 amide bonds. The molecular weight excluding hydrogens is 142 g/mol. The predicted molar refractivity (Wildman–Crippen MR) is 48.8 cm³/mol. The van der Waals surface area contributed by atoms with E-state index in [9.17, 15) is 4.79 Å². The van der Waals surface area contributed by atoms with Gasteiger partial charge in [0.05, 0.1) is 6.61 Å². The Hall–Kier alpha value is -0.730. The van der Waals surface area contributed by atoms with Crippen LogP contribution in [0, 0.1) is 0 Å². The van der Waals surface area contributed by atoms with Crippen molar-refractivity contribution in [1.82, 2.24) is 5.32 Å². The smallest absolute Gasteiger partial charge is 0.406 e. The highest BCUT2D eigenvalue weighted by Gasteiger charge is 1.93. The number of hydrogen-bond donors (Lipinski definition) is 1. The summed E-state index contributed by atoms with van der Waals surface area (Å²) in [5, 5.41) is 2.36. The summed E-state index contributed by atoms with van der Waals surface area (Å²) in [6.07, 6.45) is 1.65. The van der Waals surface area contributed by atoms with Crippen LogP contribution >= 0.6 is 0 Å². The number of carbonyl (C=O) groups is 1. The molecule has 0 saturated carbocycles.